The van der Waals surface area contributed by atoms with Crippen LogP contribution >= 0.6 is 0 Å². The summed E-state index contributed by atoms with van der Waals surface area (Å²) < 4.78 is 15.3. The molecule has 0 aliphatic rings. The highest BCUT2D eigenvalue weighted by molar-refractivity contribution is 5.95. The molecule has 0 unspecified atom stereocenters. The molecule has 1 heterocycles. The lowest BCUT2D eigenvalue weighted by atomic mass is 10.1. The maximum absolute atomic E-state index is 11.6. The Kier molecular flexibility index (Phi) is 4.55. The SMILES string of the molecule is CCOC(=O)Cc1c(O)nc2ccc(OC)c(OC)c2c1O. The molecule has 0 aliphatic carbocycles. The Bertz CT molecular complexity index is 713. The lowest BCUT2D eigenvalue weighted by molar-refractivity contribution is -0.142. The zero-order valence-corrected chi connectivity index (χ0v) is 12.5. The summed E-state index contributed by atoms with van der Waals surface area (Å²) in [6.07, 6.45) is -0.297. The van der Waals surface area contributed by atoms with Gasteiger partial charge < -0.3 is 24.4 Å². The first-order chi connectivity index (χ1) is 10.5. The van der Waals surface area contributed by atoms with Crippen LogP contribution in [0.3, 0.4) is 0 Å². The second kappa shape index (κ2) is 6.38. The minimum Gasteiger partial charge on any atom is -0.507 e. The van der Waals surface area contributed by atoms with Gasteiger partial charge in [0, 0.05) is 0 Å². The van der Waals surface area contributed by atoms with Crippen molar-refractivity contribution in [1.82, 2.24) is 4.98 Å². The third-order valence-corrected chi connectivity index (χ3v) is 3.17. The molecule has 0 radical (unpaired) electrons. The summed E-state index contributed by atoms with van der Waals surface area (Å²) in [4.78, 5) is 15.6. The number of pyridine rings is 1. The molecule has 7 heteroatoms. The molecule has 0 spiro atoms. The van der Waals surface area contributed by atoms with Gasteiger partial charge in [0.25, 0.3) is 0 Å². The van der Waals surface area contributed by atoms with Crippen LogP contribution in [-0.4, -0.2) is 42.0 Å². The molecule has 0 saturated carbocycles. The van der Waals surface area contributed by atoms with Gasteiger partial charge in [-0.3, -0.25) is 4.79 Å². The molecule has 0 aliphatic heterocycles. The van der Waals surface area contributed by atoms with Gasteiger partial charge in [-0.15, -0.1) is 0 Å². The predicted octanol–water partition coefficient (Wildman–Crippen LogP) is 1.77. The van der Waals surface area contributed by atoms with Crippen LogP contribution in [-0.2, 0) is 16.0 Å². The number of rotatable bonds is 5. The Labute approximate surface area is 127 Å². The van der Waals surface area contributed by atoms with Crippen molar-refractivity contribution in [3.05, 3.63) is 17.7 Å². The summed E-state index contributed by atoms with van der Waals surface area (Å²) in [7, 11) is 2.89. The van der Waals surface area contributed by atoms with Crippen molar-refractivity contribution >= 4 is 16.9 Å². The summed E-state index contributed by atoms with van der Waals surface area (Å²) in [5.41, 5.74) is 0.303. The third-order valence-electron chi connectivity index (χ3n) is 3.17. The summed E-state index contributed by atoms with van der Waals surface area (Å²) >= 11 is 0. The fraction of sp³-hybridized carbons (Fsp3) is 0.333. The molecule has 2 aromatic rings. The second-order valence-corrected chi connectivity index (χ2v) is 4.44. The Hall–Kier alpha value is -2.70. The summed E-state index contributed by atoms with van der Waals surface area (Å²) in [6, 6.07) is 3.18. The van der Waals surface area contributed by atoms with Crippen LogP contribution in [0.2, 0.25) is 0 Å². The Balaban J connectivity index is 2.66. The van der Waals surface area contributed by atoms with Crippen molar-refractivity contribution < 1.29 is 29.2 Å². The summed E-state index contributed by atoms with van der Waals surface area (Å²) in [6.45, 7) is 1.88. The molecule has 2 N–H and O–H groups in total. The van der Waals surface area contributed by atoms with E-state index in [1.165, 1.54) is 14.2 Å². The topological polar surface area (TPSA) is 98.1 Å². The largest absolute Gasteiger partial charge is 0.507 e. The second-order valence-electron chi connectivity index (χ2n) is 4.44. The van der Waals surface area contributed by atoms with Crippen molar-refractivity contribution in [3.8, 4) is 23.1 Å². The Morgan fingerprint density at radius 1 is 1.23 bits per heavy atom. The Morgan fingerprint density at radius 2 is 1.95 bits per heavy atom. The van der Waals surface area contributed by atoms with Gasteiger partial charge in [0.05, 0.1) is 43.7 Å². The monoisotopic (exact) mass is 307 g/mol. The van der Waals surface area contributed by atoms with Gasteiger partial charge in [0.15, 0.2) is 11.5 Å². The highest BCUT2D eigenvalue weighted by atomic mass is 16.5. The van der Waals surface area contributed by atoms with Gasteiger partial charge in [-0.25, -0.2) is 4.98 Å². The van der Waals surface area contributed by atoms with Crippen LogP contribution in [0.25, 0.3) is 10.9 Å². The van der Waals surface area contributed by atoms with E-state index in [1.807, 2.05) is 0 Å². The predicted molar refractivity (Wildman–Crippen MR) is 78.5 cm³/mol. The highest BCUT2D eigenvalue weighted by Gasteiger charge is 2.22. The lowest BCUT2D eigenvalue weighted by Crippen LogP contribution is -2.08. The van der Waals surface area contributed by atoms with Crippen LogP contribution in [0.1, 0.15) is 12.5 Å². The first-order valence-corrected chi connectivity index (χ1v) is 6.64. The number of carbonyl (C=O) groups is 1. The highest BCUT2D eigenvalue weighted by Crippen LogP contribution is 2.43. The number of hydrogen-bond donors (Lipinski definition) is 2. The molecule has 2 rings (SSSR count). The van der Waals surface area contributed by atoms with Crippen molar-refractivity contribution in [2.24, 2.45) is 0 Å². The number of nitrogens with zero attached hydrogens (tertiary/aromatic N) is 1. The average Bonchev–Trinajstić information content (AvgIpc) is 2.50. The van der Waals surface area contributed by atoms with E-state index in [9.17, 15) is 15.0 Å². The first kappa shape index (κ1) is 15.7. The number of aromatic nitrogens is 1. The van der Waals surface area contributed by atoms with E-state index >= 15 is 0 Å². The zero-order valence-electron chi connectivity index (χ0n) is 12.5. The van der Waals surface area contributed by atoms with Crippen LogP contribution < -0.4 is 9.47 Å². The standard InChI is InChI=1S/C15H17NO6/c1-4-22-11(17)7-8-13(18)12-9(16-15(8)19)5-6-10(20-2)14(12)21-3/h5-6H,4,7H2,1-3H3,(H2,16,18,19). The zero-order chi connectivity index (χ0) is 16.3. The molecule has 0 amide bonds. The fourth-order valence-electron chi connectivity index (χ4n) is 2.20. The first-order valence-electron chi connectivity index (χ1n) is 6.64. The number of ether oxygens (including phenoxy) is 3. The minimum atomic E-state index is -0.573. The van der Waals surface area contributed by atoms with Gasteiger partial charge in [0.1, 0.15) is 5.75 Å². The molecule has 0 bridgehead atoms. The van der Waals surface area contributed by atoms with Crippen molar-refractivity contribution in [1.29, 1.82) is 0 Å². The van der Waals surface area contributed by atoms with Crippen molar-refractivity contribution in [2.75, 3.05) is 20.8 Å². The average molecular weight is 307 g/mol. The smallest absolute Gasteiger partial charge is 0.310 e. The molecule has 1 aromatic heterocycles. The molecule has 118 valence electrons. The van der Waals surface area contributed by atoms with Gasteiger partial charge in [-0.05, 0) is 19.1 Å². The molecule has 0 fully saturated rings. The molecule has 0 saturated heterocycles. The van der Waals surface area contributed by atoms with Gasteiger partial charge in [0.2, 0.25) is 5.88 Å². The number of fused-ring (bicyclic) bond motifs is 1. The number of hydrogen-bond acceptors (Lipinski definition) is 7. The van der Waals surface area contributed by atoms with Gasteiger partial charge >= 0.3 is 5.97 Å². The number of methoxy groups -OCH3 is 2. The number of esters is 1. The molecular formula is C15H17NO6. The van der Waals surface area contributed by atoms with Crippen LogP contribution in [0.15, 0.2) is 12.1 Å². The van der Waals surface area contributed by atoms with Gasteiger partial charge in [-0.2, -0.15) is 0 Å². The molecule has 1 aromatic carbocycles. The number of benzene rings is 1. The van der Waals surface area contributed by atoms with E-state index in [2.05, 4.69) is 4.98 Å². The normalized spacial score (nSPS) is 10.5. The van der Waals surface area contributed by atoms with E-state index in [1.54, 1.807) is 19.1 Å². The lowest BCUT2D eigenvalue weighted by Gasteiger charge is -2.14. The van der Waals surface area contributed by atoms with Crippen molar-refractivity contribution in [2.45, 2.75) is 13.3 Å². The van der Waals surface area contributed by atoms with E-state index in [0.717, 1.165) is 0 Å². The van der Waals surface area contributed by atoms with E-state index in [4.69, 9.17) is 14.2 Å². The van der Waals surface area contributed by atoms with E-state index < -0.39 is 11.8 Å². The summed E-state index contributed by atoms with van der Waals surface area (Å²) in [5.74, 6) is -0.609. The van der Waals surface area contributed by atoms with E-state index in [0.29, 0.717) is 11.3 Å². The molecular weight excluding hydrogens is 290 g/mol. The van der Waals surface area contributed by atoms with Crippen LogP contribution in [0.4, 0.5) is 0 Å². The minimum absolute atomic E-state index is 0.0162. The third kappa shape index (κ3) is 2.69. The molecule has 7 nitrogen and oxygen atoms in total. The molecule has 22 heavy (non-hydrogen) atoms. The number of aromatic hydroxyl groups is 2. The fourth-order valence-corrected chi connectivity index (χ4v) is 2.20. The maximum Gasteiger partial charge on any atom is 0.310 e. The molecule has 0 atom stereocenters. The maximum atomic E-state index is 11.6. The Morgan fingerprint density at radius 3 is 2.55 bits per heavy atom. The van der Waals surface area contributed by atoms with Crippen LogP contribution in [0, 0.1) is 0 Å². The van der Waals surface area contributed by atoms with Crippen LogP contribution in [0.5, 0.6) is 23.1 Å². The van der Waals surface area contributed by atoms with E-state index in [-0.39, 0.29) is 35.5 Å². The summed E-state index contributed by atoms with van der Waals surface area (Å²) in [5, 5.41) is 20.6. The number of carbonyl (C=O) groups excluding carboxylic acids is 1. The quantitative estimate of drug-likeness (QED) is 0.812. The van der Waals surface area contributed by atoms with Crippen molar-refractivity contribution in [3.63, 3.8) is 0 Å². The van der Waals surface area contributed by atoms with Gasteiger partial charge in [-0.1, -0.05) is 0 Å².